The van der Waals surface area contributed by atoms with E-state index < -0.39 is 0 Å². The average Bonchev–Trinajstić information content (AvgIpc) is 3.19. The van der Waals surface area contributed by atoms with Gasteiger partial charge in [-0.3, -0.25) is 4.68 Å². The first-order valence-corrected chi connectivity index (χ1v) is 8.10. The van der Waals surface area contributed by atoms with Gasteiger partial charge in [-0.1, -0.05) is 18.2 Å². The second-order valence-corrected chi connectivity index (χ2v) is 6.18. The zero-order valence-corrected chi connectivity index (χ0v) is 13.1. The number of aromatic nitrogens is 2. The number of benzene rings is 2. The minimum Gasteiger partial charge on any atom is -0.487 e. The maximum atomic E-state index is 14.4. The van der Waals surface area contributed by atoms with Gasteiger partial charge in [-0.2, -0.15) is 5.10 Å². The molecule has 2 aromatic carbocycles. The van der Waals surface area contributed by atoms with Crippen molar-refractivity contribution in [3.63, 3.8) is 0 Å². The van der Waals surface area contributed by atoms with Crippen LogP contribution in [0.15, 0.2) is 42.6 Å². The van der Waals surface area contributed by atoms with E-state index in [0.29, 0.717) is 5.75 Å². The summed E-state index contributed by atoms with van der Waals surface area (Å²) in [7, 11) is 1.92. The molecule has 4 rings (SSSR count). The molecule has 23 heavy (non-hydrogen) atoms. The summed E-state index contributed by atoms with van der Waals surface area (Å²) in [4.78, 5) is 0. The van der Waals surface area contributed by atoms with Crippen LogP contribution in [0, 0.1) is 5.82 Å². The van der Waals surface area contributed by atoms with Gasteiger partial charge < -0.3 is 4.74 Å². The Morgan fingerprint density at radius 3 is 2.83 bits per heavy atom. The average molecular weight is 310 g/mol. The minimum atomic E-state index is -0.291. The van der Waals surface area contributed by atoms with E-state index in [4.69, 9.17) is 4.74 Å². The van der Waals surface area contributed by atoms with E-state index in [1.165, 1.54) is 6.07 Å². The number of hydrogen-bond donors (Lipinski definition) is 0. The van der Waals surface area contributed by atoms with Gasteiger partial charge in [0.25, 0.3) is 0 Å². The molecule has 1 aliphatic carbocycles. The predicted molar refractivity (Wildman–Crippen MR) is 89.0 cm³/mol. The summed E-state index contributed by atoms with van der Waals surface area (Å²) in [5.74, 6) is 0.0864. The molecule has 1 aromatic heterocycles. The fraction of sp³-hybridized carbons (Fsp3) is 0.316. The van der Waals surface area contributed by atoms with Gasteiger partial charge in [0.05, 0.1) is 17.8 Å². The van der Waals surface area contributed by atoms with Gasteiger partial charge in [0.15, 0.2) is 11.6 Å². The van der Waals surface area contributed by atoms with E-state index in [0.717, 1.165) is 47.7 Å². The molecule has 0 radical (unpaired) electrons. The van der Waals surface area contributed by atoms with E-state index >= 15 is 0 Å². The molecule has 1 aliphatic rings. The highest BCUT2D eigenvalue weighted by Crippen LogP contribution is 2.36. The number of para-hydroxylation sites is 1. The first-order chi connectivity index (χ1) is 11.2. The summed E-state index contributed by atoms with van der Waals surface area (Å²) in [5.41, 5.74) is 2.82. The summed E-state index contributed by atoms with van der Waals surface area (Å²) in [6.45, 7) is 0. The number of nitrogens with zero attached hydrogens (tertiary/aromatic N) is 2. The van der Waals surface area contributed by atoms with Crippen LogP contribution in [0.2, 0.25) is 0 Å². The molecule has 0 aliphatic heterocycles. The van der Waals surface area contributed by atoms with Crippen molar-refractivity contribution in [3.05, 3.63) is 48.4 Å². The zero-order valence-electron chi connectivity index (χ0n) is 13.1. The number of halogens is 1. The standard InChI is InChI=1S/C19H19FN2O/c1-22-18-10-9-13(11-14(18)12-21-22)16-7-4-8-17(20)19(16)23-15-5-2-3-6-15/h4,7-12,15H,2-3,5-6H2,1H3. The number of hydrogen-bond acceptors (Lipinski definition) is 2. The number of ether oxygens (including phenoxy) is 1. The molecule has 3 nitrogen and oxygen atoms in total. The lowest BCUT2D eigenvalue weighted by Gasteiger charge is -2.17. The lowest BCUT2D eigenvalue weighted by molar-refractivity contribution is 0.202. The molecule has 4 heteroatoms. The molecule has 1 fully saturated rings. The third-order valence-electron chi connectivity index (χ3n) is 4.61. The van der Waals surface area contributed by atoms with Crippen LogP contribution in [-0.2, 0) is 7.05 Å². The van der Waals surface area contributed by atoms with Crippen molar-refractivity contribution in [2.75, 3.05) is 0 Å². The first-order valence-electron chi connectivity index (χ1n) is 8.10. The molecule has 1 heterocycles. The van der Waals surface area contributed by atoms with Gasteiger partial charge in [0, 0.05) is 18.0 Å². The highest BCUT2D eigenvalue weighted by atomic mass is 19.1. The second kappa shape index (κ2) is 5.69. The topological polar surface area (TPSA) is 27.1 Å². The van der Waals surface area contributed by atoms with E-state index in [1.807, 2.05) is 42.2 Å². The highest BCUT2D eigenvalue weighted by Gasteiger charge is 2.21. The predicted octanol–water partition coefficient (Wildman–Crippen LogP) is 4.70. The third-order valence-corrected chi connectivity index (χ3v) is 4.61. The van der Waals surface area contributed by atoms with Crippen molar-refractivity contribution in [2.24, 2.45) is 7.05 Å². The molecular weight excluding hydrogens is 291 g/mol. The van der Waals surface area contributed by atoms with E-state index in [9.17, 15) is 4.39 Å². The molecule has 0 N–H and O–H groups in total. The zero-order chi connectivity index (χ0) is 15.8. The van der Waals surface area contributed by atoms with Crippen molar-refractivity contribution in [1.82, 2.24) is 9.78 Å². The lowest BCUT2D eigenvalue weighted by Crippen LogP contribution is -2.12. The van der Waals surface area contributed by atoms with E-state index in [2.05, 4.69) is 5.10 Å². The molecule has 1 saturated carbocycles. The summed E-state index contributed by atoms with van der Waals surface area (Å²) in [5, 5.41) is 5.31. The number of rotatable bonds is 3. The summed E-state index contributed by atoms with van der Waals surface area (Å²) in [6.07, 6.45) is 6.31. The molecule has 0 spiro atoms. The summed E-state index contributed by atoms with van der Waals surface area (Å²) >= 11 is 0. The summed E-state index contributed by atoms with van der Waals surface area (Å²) < 4.78 is 22.2. The number of aryl methyl sites for hydroxylation is 1. The second-order valence-electron chi connectivity index (χ2n) is 6.18. The van der Waals surface area contributed by atoms with Gasteiger partial charge in [-0.15, -0.1) is 0 Å². The Balaban J connectivity index is 1.78. The SMILES string of the molecule is Cn1ncc2cc(-c3cccc(F)c3OC3CCCC3)ccc21. The van der Waals surface area contributed by atoms with Gasteiger partial charge >= 0.3 is 0 Å². The highest BCUT2D eigenvalue weighted by molar-refractivity contribution is 5.85. The molecule has 118 valence electrons. The minimum absolute atomic E-state index is 0.132. The largest absolute Gasteiger partial charge is 0.487 e. The van der Waals surface area contributed by atoms with Crippen molar-refractivity contribution in [1.29, 1.82) is 0 Å². The Morgan fingerprint density at radius 2 is 2.00 bits per heavy atom. The Hall–Kier alpha value is -2.36. The van der Waals surface area contributed by atoms with E-state index in [-0.39, 0.29) is 11.9 Å². The Kier molecular flexibility index (Phi) is 3.52. The van der Waals surface area contributed by atoms with Crippen LogP contribution in [0.5, 0.6) is 5.75 Å². The molecule has 0 saturated heterocycles. The molecule has 3 aromatic rings. The van der Waals surface area contributed by atoms with Gasteiger partial charge in [-0.25, -0.2) is 4.39 Å². The van der Waals surface area contributed by atoms with Gasteiger partial charge in [0.1, 0.15) is 0 Å². The van der Waals surface area contributed by atoms with Crippen LogP contribution in [0.25, 0.3) is 22.0 Å². The van der Waals surface area contributed by atoms with Crippen LogP contribution < -0.4 is 4.74 Å². The molecule has 0 amide bonds. The molecule has 0 unspecified atom stereocenters. The molecule has 0 bridgehead atoms. The smallest absolute Gasteiger partial charge is 0.165 e. The first kappa shape index (κ1) is 14.2. The van der Waals surface area contributed by atoms with Crippen molar-refractivity contribution >= 4 is 10.9 Å². The fourth-order valence-electron chi connectivity index (χ4n) is 3.36. The third kappa shape index (κ3) is 2.58. The molecule has 0 atom stereocenters. The van der Waals surface area contributed by atoms with Gasteiger partial charge in [0.2, 0.25) is 0 Å². The monoisotopic (exact) mass is 310 g/mol. The van der Waals surface area contributed by atoms with Crippen LogP contribution in [0.1, 0.15) is 25.7 Å². The quantitative estimate of drug-likeness (QED) is 0.701. The maximum Gasteiger partial charge on any atom is 0.165 e. The number of fused-ring (bicyclic) bond motifs is 1. The van der Waals surface area contributed by atoms with Gasteiger partial charge in [-0.05, 0) is 49.4 Å². The lowest BCUT2D eigenvalue weighted by atomic mass is 10.0. The van der Waals surface area contributed by atoms with Crippen LogP contribution in [0.4, 0.5) is 4.39 Å². The van der Waals surface area contributed by atoms with Crippen molar-refractivity contribution in [3.8, 4) is 16.9 Å². The maximum absolute atomic E-state index is 14.4. The Morgan fingerprint density at radius 1 is 1.17 bits per heavy atom. The molecular formula is C19H19FN2O. The Bertz CT molecular complexity index is 850. The fourth-order valence-corrected chi connectivity index (χ4v) is 3.36. The van der Waals surface area contributed by atoms with Crippen LogP contribution >= 0.6 is 0 Å². The Labute approximate surface area is 134 Å². The van der Waals surface area contributed by atoms with Crippen molar-refractivity contribution in [2.45, 2.75) is 31.8 Å². The van der Waals surface area contributed by atoms with Crippen molar-refractivity contribution < 1.29 is 9.13 Å². The summed E-state index contributed by atoms with van der Waals surface area (Å²) in [6, 6.07) is 11.2. The van der Waals surface area contributed by atoms with Crippen LogP contribution in [0.3, 0.4) is 0 Å². The van der Waals surface area contributed by atoms with E-state index in [1.54, 1.807) is 6.07 Å². The van der Waals surface area contributed by atoms with Crippen LogP contribution in [-0.4, -0.2) is 15.9 Å². The normalized spacial score (nSPS) is 15.4.